The number of hydrogen-bond donors (Lipinski definition) is 1. The first-order valence-electron chi connectivity index (χ1n) is 4.96. The SMILES string of the molecule is CCC(C#N)C(=O)N(C)Cc1ccc[nH]1. The average Bonchev–Trinajstić information content (AvgIpc) is 2.72. The lowest BCUT2D eigenvalue weighted by molar-refractivity contribution is -0.133. The fourth-order valence-electron chi connectivity index (χ4n) is 1.39. The lowest BCUT2D eigenvalue weighted by Gasteiger charge is -2.18. The summed E-state index contributed by atoms with van der Waals surface area (Å²) < 4.78 is 0. The normalized spacial score (nSPS) is 11.8. The Morgan fingerprint density at radius 1 is 1.73 bits per heavy atom. The Bertz CT molecular complexity index is 350. The molecule has 0 aliphatic carbocycles. The van der Waals surface area contributed by atoms with Gasteiger partial charge in [0.15, 0.2) is 0 Å². The summed E-state index contributed by atoms with van der Waals surface area (Å²) in [5.41, 5.74) is 0.971. The zero-order valence-corrected chi connectivity index (χ0v) is 9.03. The van der Waals surface area contributed by atoms with E-state index < -0.39 is 5.92 Å². The third-order valence-electron chi connectivity index (χ3n) is 2.31. The van der Waals surface area contributed by atoms with Gasteiger partial charge in [0.25, 0.3) is 0 Å². The summed E-state index contributed by atoms with van der Waals surface area (Å²) in [5.74, 6) is -0.639. The Balaban J connectivity index is 2.57. The topological polar surface area (TPSA) is 59.9 Å². The third kappa shape index (κ3) is 2.84. The highest BCUT2D eigenvalue weighted by Gasteiger charge is 2.19. The van der Waals surface area contributed by atoms with Crippen LogP contribution >= 0.6 is 0 Å². The molecule has 1 rings (SSSR count). The zero-order chi connectivity index (χ0) is 11.3. The van der Waals surface area contributed by atoms with Gasteiger partial charge in [-0.2, -0.15) is 5.26 Å². The van der Waals surface area contributed by atoms with Crippen LogP contribution < -0.4 is 0 Å². The molecule has 4 heteroatoms. The number of carbonyl (C=O) groups is 1. The third-order valence-corrected chi connectivity index (χ3v) is 2.31. The van der Waals surface area contributed by atoms with Crippen LogP contribution in [0.1, 0.15) is 19.0 Å². The van der Waals surface area contributed by atoms with E-state index in [1.807, 2.05) is 31.3 Å². The molecule has 0 saturated carbocycles. The van der Waals surface area contributed by atoms with Crippen LogP contribution in [0.5, 0.6) is 0 Å². The predicted molar refractivity (Wildman–Crippen MR) is 56.7 cm³/mol. The van der Waals surface area contributed by atoms with Crippen molar-refractivity contribution in [1.29, 1.82) is 5.26 Å². The number of aromatic nitrogens is 1. The Morgan fingerprint density at radius 3 is 2.93 bits per heavy atom. The first-order chi connectivity index (χ1) is 7.19. The Labute approximate surface area is 89.5 Å². The van der Waals surface area contributed by atoms with E-state index in [9.17, 15) is 4.79 Å². The van der Waals surface area contributed by atoms with Crippen molar-refractivity contribution in [3.8, 4) is 6.07 Å². The highest BCUT2D eigenvalue weighted by atomic mass is 16.2. The molecule has 1 aromatic heterocycles. The van der Waals surface area contributed by atoms with Gasteiger partial charge in [-0.25, -0.2) is 0 Å². The van der Waals surface area contributed by atoms with Crippen LogP contribution in [0.3, 0.4) is 0 Å². The molecule has 1 aromatic rings. The van der Waals surface area contributed by atoms with E-state index in [-0.39, 0.29) is 5.91 Å². The van der Waals surface area contributed by atoms with E-state index >= 15 is 0 Å². The number of amides is 1. The van der Waals surface area contributed by atoms with Crippen molar-refractivity contribution in [3.05, 3.63) is 24.0 Å². The number of aromatic amines is 1. The Kier molecular flexibility index (Phi) is 3.92. The van der Waals surface area contributed by atoms with Crippen molar-refractivity contribution in [2.24, 2.45) is 5.92 Å². The van der Waals surface area contributed by atoms with Crippen LogP contribution in [0.4, 0.5) is 0 Å². The van der Waals surface area contributed by atoms with Gasteiger partial charge in [-0.1, -0.05) is 6.92 Å². The molecule has 0 fully saturated rings. The van der Waals surface area contributed by atoms with Crippen molar-refractivity contribution in [1.82, 2.24) is 9.88 Å². The fraction of sp³-hybridized carbons (Fsp3) is 0.455. The van der Waals surface area contributed by atoms with E-state index in [0.717, 1.165) is 5.69 Å². The smallest absolute Gasteiger partial charge is 0.240 e. The Morgan fingerprint density at radius 2 is 2.47 bits per heavy atom. The van der Waals surface area contributed by atoms with Crippen LogP contribution in [0, 0.1) is 17.2 Å². The molecule has 0 aliphatic rings. The zero-order valence-electron chi connectivity index (χ0n) is 9.03. The minimum atomic E-state index is -0.523. The quantitative estimate of drug-likeness (QED) is 0.810. The largest absolute Gasteiger partial charge is 0.364 e. The van der Waals surface area contributed by atoms with Gasteiger partial charge in [-0.3, -0.25) is 4.79 Å². The van der Waals surface area contributed by atoms with Crippen molar-refractivity contribution in [2.45, 2.75) is 19.9 Å². The van der Waals surface area contributed by atoms with Crippen LogP contribution in [-0.2, 0) is 11.3 Å². The van der Waals surface area contributed by atoms with Gasteiger partial charge in [-0.15, -0.1) is 0 Å². The minimum Gasteiger partial charge on any atom is -0.364 e. The summed E-state index contributed by atoms with van der Waals surface area (Å²) in [6.45, 7) is 2.36. The van der Waals surface area contributed by atoms with Gasteiger partial charge in [0.2, 0.25) is 5.91 Å². The molecular weight excluding hydrogens is 190 g/mol. The van der Waals surface area contributed by atoms with Crippen LogP contribution in [0.15, 0.2) is 18.3 Å². The summed E-state index contributed by atoms with van der Waals surface area (Å²) in [6, 6.07) is 5.81. The summed E-state index contributed by atoms with van der Waals surface area (Å²) in [5, 5.41) is 8.77. The van der Waals surface area contributed by atoms with Gasteiger partial charge >= 0.3 is 0 Å². The van der Waals surface area contributed by atoms with Crippen molar-refractivity contribution in [3.63, 3.8) is 0 Å². The molecule has 0 aromatic carbocycles. The molecule has 0 saturated heterocycles. The number of H-pyrrole nitrogens is 1. The number of nitrogens with one attached hydrogen (secondary N) is 1. The monoisotopic (exact) mass is 205 g/mol. The van der Waals surface area contributed by atoms with Crippen molar-refractivity contribution >= 4 is 5.91 Å². The maximum atomic E-state index is 11.7. The van der Waals surface area contributed by atoms with Crippen LogP contribution in [0.25, 0.3) is 0 Å². The number of hydrogen-bond acceptors (Lipinski definition) is 2. The van der Waals surface area contributed by atoms with E-state index in [1.165, 1.54) is 0 Å². The molecule has 1 heterocycles. The van der Waals surface area contributed by atoms with Gasteiger partial charge < -0.3 is 9.88 Å². The molecular formula is C11H15N3O. The summed E-state index contributed by atoms with van der Waals surface area (Å²) in [7, 11) is 1.71. The second kappa shape index (κ2) is 5.20. The molecule has 1 N–H and O–H groups in total. The first kappa shape index (κ1) is 11.3. The average molecular weight is 205 g/mol. The second-order valence-corrected chi connectivity index (χ2v) is 3.48. The molecule has 15 heavy (non-hydrogen) atoms. The standard InChI is InChI=1S/C11H15N3O/c1-3-9(7-12)11(15)14(2)8-10-5-4-6-13-10/h4-6,9,13H,3,8H2,1-2H3. The molecule has 1 amide bonds. The molecule has 4 nitrogen and oxygen atoms in total. The lowest BCUT2D eigenvalue weighted by Crippen LogP contribution is -2.31. The molecule has 80 valence electrons. The summed E-state index contributed by atoms with van der Waals surface area (Å²) in [4.78, 5) is 16.3. The molecule has 1 unspecified atom stereocenters. The van der Waals surface area contributed by atoms with Crippen LogP contribution in [-0.4, -0.2) is 22.8 Å². The van der Waals surface area contributed by atoms with Gasteiger partial charge in [0, 0.05) is 18.9 Å². The molecule has 0 radical (unpaired) electrons. The van der Waals surface area contributed by atoms with E-state index in [2.05, 4.69) is 4.98 Å². The second-order valence-electron chi connectivity index (χ2n) is 3.48. The molecule has 0 aliphatic heterocycles. The molecule has 1 atom stereocenters. The number of nitriles is 1. The van der Waals surface area contributed by atoms with Gasteiger partial charge in [-0.05, 0) is 18.6 Å². The molecule has 0 bridgehead atoms. The van der Waals surface area contributed by atoms with Gasteiger partial charge in [0.05, 0.1) is 12.6 Å². The maximum Gasteiger partial charge on any atom is 0.240 e. The molecule has 0 spiro atoms. The van der Waals surface area contributed by atoms with Crippen molar-refractivity contribution < 1.29 is 4.79 Å². The number of nitrogens with zero attached hydrogens (tertiary/aromatic N) is 2. The Hall–Kier alpha value is -1.76. The summed E-state index contributed by atoms with van der Waals surface area (Å²) >= 11 is 0. The number of rotatable bonds is 4. The van der Waals surface area contributed by atoms with Crippen LogP contribution in [0.2, 0.25) is 0 Å². The van der Waals surface area contributed by atoms with Crippen molar-refractivity contribution in [2.75, 3.05) is 7.05 Å². The predicted octanol–water partition coefficient (Wildman–Crippen LogP) is 1.52. The fourth-order valence-corrected chi connectivity index (χ4v) is 1.39. The number of carbonyl (C=O) groups excluding carboxylic acids is 1. The highest BCUT2D eigenvalue weighted by molar-refractivity contribution is 5.80. The maximum absolute atomic E-state index is 11.7. The lowest BCUT2D eigenvalue weighted by atomic mass is 10.1. The first-order valence-corrected chi connectivity index (χ1v) is 4.96. The van der Waals surface area contributed by atoms with Gasteiger partial charge in [0.1, 0.15) is 5.92 Å². The van der Waals surface area contributed by atoms with E-state index in [0.29, 0.717) is 13.0 Å². The minimum absolute atomic E-state index is 0.116. The summed E-state index contributed by atoms with van der Waals surface area (Å²) in [6.07, 6.45) is 2.37. The highest BCUT2D eigenvalue weighted by Crippen LogP contribution is 2.08. The van der Waals surface area contributed by atoms with E-state index in [1.54, 1.807) is 11.9 Å². The van der Waals surface area contributed by atoms with E-state index in [4.69, 9.17) is 5.26 Å².